The van der Waals surface area contributed by atoms with E-state index in [2.05, 4.69) is 10.3 Å². The lowest BCUT2D eigenvalue weighted by Crippen LogP contribution is -2.19. The maximum atomic E-state index is 12.3. The van der Waals surface area contributed by atoms with Crippen molar-refractivity contribution >= 4 is 46.2 Å². The summed E-state index contributed by atoms with van der Waals surface area (Å²) in [6.45, 7) is 0. The number of carbonyl (C=O) groups excluding carboxylic acids is 1. The summed E-state index contributed by atoms with van der Waals surface area (Å²) in [7, 11) is 4.63. The molecule has 0 radical (unpaired) electrons. The summed E-state index contributed by atoms with van der Waals surface area (Å²) >= 11 is 7.13. The Morgan fingerprint density at radius 2 is 1.67 bits per heavy atom. The number of nitrogens with one attached hydrogen (secondary N) is 1. The molecule has 3 rings (SSSR count). The zero-order chi connectivity index (χ0) is 19.4. The monoisotopic (exact) mass is 404 g/mol. The van der Waals surface area contributed by atoms with Crippen LogP contribution in [0.3, 0.4) is 0 Å². The first-order chi connectivity index (χ1) is 13.0. The fraction of sp³-hybridized carbons (Fsp3) is 0.158. The largest absolute Gasteiger partial charge is 0.493 e. The topological polar surface area (TPSA) is 69.2 Å². The average Bonchev–Trinajstić information content (AvgIpc) is 3.01. The van der Waals surface area contributed by atoms with Crippen molar-refractivity contribution in [3.8, 4) is 17.2 Å². The van der Waals surface area contributed by atoms with Crippen LogP contribution in [0, 0.1) is 0 Å². The quantitative estimate of drug-likeness (QED) is 0.754. The third-order valence-electron chi connectivity index (χ3n) is 3.69. The lowest BCUT2D eigenvalue weighted by atomic mass is 10.1. The number of methoxy groups -OCH3 is 3. The molecule has 8 heteroatoms. The van der Waals surface area contributed by atoms with Gasteiger partial charge in [-0.05, 0) is 59.8 Å². The molecular formula is C19H17ClN2O4S. The van der Waals surface area contributed by atoms with Crippen LogP contribution in [-0.2, 0) is 4.79 Å². The minimum absolute atomic E-state index is 0.221. The van der Waals surface area contributed by atoms with E-state index in [0.717, 1.165) is 5.56 Å². The lowest BCUT2D eigenvalue weighted by molar-refractivity contribution is -0.115. The second-order valence-electron chi connectivity index (χ2n) is 5.42. The van der Waals surface area contributed by atoms with Crippen molar-refractivity contribution in [1.29, 1.82) is 0 Å². The molecule has 1 amide bonds. The highest BCUT2D eigenvalue weighted by atomic mass is 35.5. The molecule has 0 aliphatic carbocycles. The number of ether oxygens (including phenoxy) is 3. The van der Waals surface area contributed by atoms with Crippen LogP contribution in [0.4, 0.5) is 5.69 Å². The van der Waals surface area contributed by atoms with Crippen LogP contribution in [0.5, 0.6) is 17.2 Å². The Balaban J connectivity index is 1.89. The van der Waals surface area contributed by atoms with Crippen LogP contribution < -0.4 is 19.5 Å². The molecule has 0 aromatic heterocycles. The number of thioether (sulfide) groups is 1. The zero-order valence-electron chi connectivity index (χ0n) is 14.9. The van der Waals surface area contributed by atoms with Crippen molar-refractivity contribution in [2.75, 3.05) is 21.3 Å². The van der Waals surface area contributed by atoms with Gasteiger partial charge in [-0.15, -0.1) is 0 Å². The summed E-state index contributed by atoms with van der Waals surface area (Å²) < 4.78 is 16.0. The van der Waals surface area contributed by atoms with E-state index in [4.69, 9.17) is 25.8 Å². The van der Waals surface area contributed by atoms with Gasteiger partial charge in [0.15, 0.2) is 16.7 Å². The molecule has 1 heterocycles. The standard InChI is InChI=1S/C19H17ClN2O4S/c1-24-14-8-11(9-15(25-2)17(14)26-3)10-16-18(23)22-19(27-16)21-13-6-4-12(20)5-7-13/h4-10H,1-3H3,(H,21,22,23)/b16-10-. The molecule has 1 aliphatic heterocycles. The van der Waals surface area contributed by atoms with Crippen LogP contribution in [-0.4, -0.2) is 32.4 Å². The lowest BCUT2D eigenvalue weighted by Gasteiger charge is -2.12. The number of carbonyl (C=O) groups is 1. The van der Waals surface area contributed by atoms with E-state index in [1.165, 1.54) is 18.9 Å². The normalized spacial score (nSPS) is 16.5. The van der Waals surface area contributed by atoms with E-state index in [1.54, 1.807) is 56.7 Å². The maximum absolute atomic E-state index is 12.3. The smallest absolute Gasteiger partial charge is 0.264 e. The predicted octanol–water partition coefficient (Wildman–Crippen LogP) is 4.26. The molecule has 0 bridgehead atoms. The third-order valence-corrected chi connectivity index (χ3v) is 4.85. The number of benzene rings is 2. The molecule has 140 valence electrons. The van der Waals surface area contributed by atoms with Crippen molar-refractivity contribution in [3.63, 3.8) is 0 Å². The van der Waals surface area contributed by atoms with Gasteiger partial charge >= 0.3 is 0 Å². The molecule has 0 spiro atoms. The van der Waals surface area contributed by atoms with E-state index in [1.807, 2.05) is 0 Å². The molecule has 27 heavy (non-hydrogen) atoms. The number of hydrogen-bond donors (Lipinski definition) is 1. The van der Waals surface area contributed by atoms with Gasteiger partial charge in [0.05, 0.1) is 31.9 Å². The highest BCUT2D eigenvalue weighted by molar-refractivity contribution is 8.18. The first-order valence-corrected chi connectivity index (χ1v) is 9.08. The molecule has 1 aliphatic rings. The van der Waals surface area contributed by atoms with Gasteiger partial charge in [-0.3, -0.25) is 4.79 Å². The van der Waals surface area contributed by atoms with Crippen molar-refractivity contribution < 1.29 is 19.0 Å². The van der Waals surface area contributed by atoms with Gasteiger partial charge < -0.3 is 19.5 Å². The predicted molar refractivity (Wildman–Crippen MR) is 108 cm³/mol. The number of hydrogen-bond acceptors (Lipinski definition) is 6. The fourth-order valence-corrected chi connectivity index (χ4v) is 3.42. The Bertz CT molecular complexity index is 901. The first-order valence-electron chi connectivity index (χ1n) is 7.89. The molecule has 1 N–H and O–H groups in total. The fourth-order valence-electron chi connectivity index (χ4n) is 2.45. The van der Waals surface area contributed by atoms with E-state index in [-0.39, 0.29) is 5.91 Å². The molecule has 2 aromatic rings. The van der Waals surface area contributed by atoms with Crippen LogP contribution in [0.1, 0.15) is 5.56 Å². The summed E-state index contributed by atoms with van der Waals surface area (Å²) in [5, 5.41) is 3.88. The molecule has 6 nitrogen and oxygen atoms in total. The molecule has 0 saturated carbocycles. The number of halogens is 1. The van der Waals surface area contributed by atoms with Crippen LogP contribution in [0.25, 0.3) is 6.08 Å². The summed E-state index contributed by atoms with van der Waals surface area (Å²) in [6, 6.07) is 10.6. The van der Waals surface area contributed by atoms with Gasteiger partial charge in [-0.2, -0.15) is 0 Å². The highest BCUT2D eigenvalue weighted by Gasteiger charge is 2.24. The highest BCUT2D eigenvalue weighted by Crippen LogP contribution is 2.39. The second kappa shape index (κ2) is 8.37. The Morgan fingerprint density at radius 3 is 2.22 bits per heavy atom. The van der Waals surface area contributed by atoms with Crippen molar-refractivity contribution in [2.45, 2.75) is 0 Å². The van der Waals surface area contributed by atoms with Gasteiger partial charge in [-0.25, -0.2) is 4.99 Å². The minimum atomic E-state index is -0.221. The first kappa shape index (κ1) is 19.1. The van der Waals surface area contributed by atoms with Gasteiger partial charge in [0.1, 0.15) is 0 Å². The minimum Gasteiger partial charge on any atom is -0.493 e. The van der Waals surface area contributed by atoms with E-state index < -0.39 is 0 Å². The Labute approximate surface area is 166 Å². The van der Waals surface area contributed by atoms with Crippen LogP contribution >= 0.6 is 23.4 Å². The Hall–Kier alpha value is -2.64. The van der Waals surface area contributed by atoms with Crippen molar-refractivity contribution in [3.05, 3.63) is 51.9 Å². The van der Waals surface area contributed by atoms with Gasteiger partial charge in [0.25, 0.3) is 5.91 Å². The average molecular weight is 405 g/mol. The molecule has 0 unspecified atom stereocenters. The van der Waals surface area contributed by atoms with E-state index in [0.29, 0.717) is 38.0 Å². The van der Waals surface area contributed by atoms with Crippen LogP contribution in [0.15, 0.2) is 46.3 Å². The molecule has 1 saturated heterocycles. The number of rotatable bonds is 5. The maximum Gasteiger partial charge on any atom is 0.264 e. The second-order valence-corrected chi connectivity index (χ2v) is 6.88. The molecular weight excluding hydrogens is 388 g/mol. The summed E-state index contributed by atoms with van der Waals surface area (Å²) in [5.74, 6) is 1.31. The van der Waals surface area contributed by atoms with E-state index in [9.17, 15) is 4.79 Å². The summed E-state index contributed by atoms with van der Waals surface area (Å²) in [5.41, 5.74) is 1.45. The number of aliphatic imine (C=N–C) groups is 1. The number of amides is 1. The molecule has 1 fully saturated rings. The Kier molecular flexibility index (Phi) is 5.93. The van der Waals surface area contributed by atoms with Crippen LogP contribution in [0.2, 0.25) is 5.02 Å². The number of amidine groups is 1. The van der Waals surface area contributed by atoms with Gasteiger partial charge in [0, 0.05) is 5.02 Å². The molecule has 2 aromatic carbocycles. The Morgan fingerprint density at radius 1 is 1.04 bits per heavy atom. The summed E-state index contributed by atoms with van der Waals surface area (Å²) in [4.78, 5) is 17.2. The third kappa shape index (κ3) is 4.37. The van der Waals surface area contributed by atoms with Crippen molar-refractivity contribution in [2.24, 2.45) is 4.99 Å². The SMILES string of the molecule is COc1cc(/C=C2\SC(=Nc3ccc(Cl)cc3)NC2=O)cc(OC)c1OC. The van der Waals surface area contributed by atoms with Crippen molar-refractivity contribution in [1.82, 2.24) is 5.32 Å². The summed E-state index contributed by atoms with van der Waals surface area (Å²) in [6.07, 6.45) is 1.74. The van der Waals surface area contributed by atoms with E-state index >= 15 is 0 Å². The number of nitrogens with zero attached hydrogens (tertiary/aromatic N) is 1. The van der Waals surface area contributed by atoms with Gasteiger partial charge in [-0.1, -0.05) is 11.6 Å². The van der Waals surface area contributed by atoms with Gasteiger partial charge in [0.2, 0.25) is 5.75 Å². The molecule has 0 atom stereocenters. The zero-order valence-corrected chi connectivity index (χ0v) is 16.5.